The van der Waals surface area contributed by atoms with E-state index in [0.29, 0.717) is 0 Å². The molecule has 0 radical (unpaired) electrons. The Hall–Kier alpha value is -1.36. The standard InChI is InChI=1S/C8H11NO4/c1-3-5(11)6-7(12)9-8(6)13-4(2)10/h3,5-6,8,11H,1H2,2H3,(H,9,12)/t5-,6-,8+/m1/s1. The zero-order valence-electron chi connectivity index (χ0n) is 7.19. The van der Waals surface area contributed by atoms with Crippen molar-refractivity contribution < 1.29 is 19.4 Å². The highest BCUT2D eigenvalue weighted by molar-refractivity contribution is 5.87. The lowest BCUT2D eigenvalue weighted by Crippen LogP contribution is -2.63. The van der Waals surface area contributed by atoms with E-state index in [1.165, 1.54) is 13.0 Å². The largest absolute Gasteiger partial charge is 0.441 e. The highest BCUT2D eigenvalue weighted by atomic mass is 16.6. The smallest absolute Gasteiger partial charge is 0.304 e. The maximum absolute atomic E-state index is 10.9. The summed E-state index contributed by atoms with van der Waals surface area (Å²) in [6.45, 7) is 4.58. The summed E-state index contributed by atoms with van der Waals surface area (Å²) < 4.78 is 4.71. The van der Waals surface area contributed by atoms with Crippen LogP contribution >= 0.6 is 0 Å². The first-order valence-electron chi connectivity index (χ1n) is 3.84. The molecule has 5 heteroatoms. The first kappa shape index (κ1) is 9.73. The zero-order valence-corrected chi connectivity index (χ0v) is 7.19. The van der Waals surface area contributed by atoms with Gasteiger partial charge in [0.25, 0.3) is 0 Å². The van der Waals surface area contributed by atoms with E-state index in [0.717, 1.165) is 0 Å². The minimum absolute atomic E-state index is 0.335. The van der Waals surface area contributed by atoms with Gasteiger partial charge in [-0.15, -0.1) is 6.58 Å². The molecule has 0 aromatic heterocycles. The second-order valence-electron chi connectivity index (χ2n) is 2.79. The molecule has 2 N–H and O–H groups in total. The van der Waals surface area contributed by atoms with E-state index in [4.69, 9.17) is 4.74 Å². The molecule has 0 spiro atoms. The molecule has 1 heterocycles. The molecule has 1 aliphatic heterocycles. The van der Waals surface area contributed by atoms with Crippen molar-refractivity contribution in [3.8, 4) is 0 Å². The Labute approximate surface area is 75.4 Å². The number of amides is 1. The quantitative estimate of drug-likeness (QED) is 0.342. The maximum Gasteiger partial charge on any atom is 0.304 e. The third kappa shape index (κ3) is 1.86. The molecular weight excluding hydrogens is 174 g/mol. The summed E-state index contributed by atoms with van der Waals surface area (Å²) in [4.78, 5) is 21.4. The number of ether oxygens (including phenoxy) is 1. The van der Waals surface area contributed by atoms with E-state index in [1.807, 2.05) is 0 Å². The van der Waals surface area contributed by atoms with E-state index in [9.17, 15) is 14.7 Å². The van der Waals surface area contributed by atoms with E-state index in [2.05, 4.69) is 11.9 Å². The zero-order chi connectivity index (χ0) is 10.0. The predicted octanol–water partition coefficient (Wildman–Crippen LogP) is -0.832. The molecule has 1 rings (SSSR count). The lowest BCUT2D eigenvalue weighted by Gasteiger charge is -2.37. The summed E-state index contributed by atoms with van der Waals surface area (Å²) >= 11 is 0. The van der Waals surface area contributed by atoms with Crippen LogP contribution in [0.5, 0.6) is 0 Å². The monoisotopic (exact) mass is 185 g/mol. The number of carbonyl (C=O) groups is 2. The number of β-lactam (4-membered cyclic amide) rings is 1. The minimum atomic E-state index is -0.974. The van der Waals surface area contributed by atoms with E-state index in [-0.39, 0.29) is 5.91 Å². The van der Waals surface area contributed by atoms with Gasteiger partial charge in [-0.25, -0.2) is 0 Å². The molecule has 1 saturated heterocycles. The van der Waals surface area contributed by atoms with Crippen molar-refractivity contribution in [3.05, 3.63) is 12.7 Å². The van der Waals surface area contributed by atoms with Gasteiger partial charge in [0.15, 0.2) is 6.23 Å². The number of nitrogens with one attached hydrogen (secondary N) is 1. The summed E-state index contributed by atoms with van der Waals surface area (Å²) in [6.07, 6.45) is -0.462. The van der Waals surface area contributed by atoms with Crippen molar-refractivity contribution in [1.29, 1.82) is 0 Å². The van der Waals surface area contributed by atoms with Crippen LogP contribution in [0.4, 0.5) is 0 Å². The molecule has 0 aromatic carbocycles. The molecule has 0 bridgehead atoms. The molecule has 5 nitrogen and oxygen atoms in total. The second-order valence-corrected chi connectivity index (χ2v) is 2.79. The molecule has 1 fully saturated rings. The van der Waals surface area contributed by atoms with Gasteiger partial charge in [-0.1, -0.05) is 6.08 Å². The highest BCUT2D eigenvalue weighted by Crippen LogP contribution is 2.20. The van der Waals surface area contributed by atoms with Gasteiger partial charge in [0, 0.05) is 6.92 Å². The lowest BCUT2D eigenvalue weighted by atomic mass is 9.92. The molecular formula is C8H11NO4. The van der Waals surface area contributed by atoms with Gasteiger partial charge in [-0.2, -0.15) is 0 Å². The number of hydrogen-bond donors (Lipinski definition) is 2. The predicted molar refractivity (Wildman–Crippen MR) is 43.4 cm³/mol. The van der Waals surface area contributed by atoms with Crippen molar-refractivity contribution >= 4 is 11.9 Å². The molecule has 0 unspecified atom stereocenters. The number of rotatable bonds is 3. The van der Waals surface area contributed by atoms with Gasteiger partial charge in [-0.05, 0) is 0 Å². The van der Waals surface area contributed by atoms with Crippen molar-refractivity contribution in [2.45, 2.75) is 19.3 Å². The third-order valence-electron chi connectivity index (χ3n) is 1.82. The van der Waals surface area contributed by atoms with Crippen LogP contribution in [0, 0.1) is 5.92 Å². The van der Waals surface area contributed by atoms with Crippen LogP contribution in [-0.2, 0) is 14.3 Å². The van der Waals surface area contributed by atoms with Crippen LogP contribution in [-0.4, -0.2) is 29.3 Å². The molecule has 0 aromatic rings. The minimum Gasteiger partial charge on any atom is -0.441 e. The van der Waals surface area contributed by atoms with Gasteiger partial charge in [0.05, 0.1) is 6.10 Å². The summed E-state index contributed by atoms with van der Waals surface area (Å²) in [7, 11) is 0. The number of aliphatic hydroxyl groups excluding tert-OH is 1. The lowest BCUT2D eigenvalue weighted by molar-refractivity contribution is -0.172. The first-order valence-corrected chi connectivity index (χ1v) is 3.84. The second kappa shape index (κ2) is 3.57. The number of hydrogen-bond acceptors (Lipinski definition) is 4. The summed E-state index contributed by atoms with van der Waals surface area (Å²) in [6, 6.07) is 0. The van der Waals surface area contributed by atoms with Crippen LogP contribution in [0.25, 0.3) is 0 Å². The SMILES string of the molecule is C=C[C@@H](O)[C@@H]1C(=O)N[C@H]1OC(C)=O. The van der Waals surface area contributed by atoms with Crippen molar-refractivity contribution in [2.24, 2.45) is 5.92 Å². The van der Waals surface area contributed by atoms with Gasteiger partial charge in [0.1, 0.15) is 5.92 Å². The fourth-order valence-corrected chi connectivity index (χ4v) is 1.13. The van der Waals surface area contributed by atoms with E-state index in [1.54, 1.807) is 0 Å². The van der Waals surface area contributed by atoms with Crippen LogP contribution in [0.2, 0.25) is 0 Å². The van der Waals surface area contributed by atoms with Crippen LogP contribution in [0.15, 0.2) is 12.7 Å². The molecule has 1 aliphatic rings. The van der Waals surface area contributed by atoms with Crippen LogP contribution < -0.4 is 5.32 Å². The van der Waals surface area contributed by atoms with E-state index >= 15 is 0 Å². The fraction of sp³-hybridized carbons (Fsp3) is 0.500. The molecule has 0 saturated carbocycles. The average Bonchev–Trinajstić information content (AvgIpc) is 2.02. The Morgan fingerprint density at radius 3 is 2.85 bits per heavy atom. The molecule has 13 heavy (non-hydrogen) atoms. The molecule has 1 amide bonds. The topological polar surface area (TPSA) is 75.6 Å². The summed E-state index contributed by atoms with van der Waals surface area (Å²) in [5, 5.41) is 11.6. The number of carbonyl (C=O) groups excluding carboxylic acids is 2. The van der Waals surface area contributed by atoms with Gasteiger partial charge < -0.3 is 15.2 Å². The van der Waals surface area contributed by atoms with Crippen LogP contribution in [0.3, 0.4) is 0 Å². The number of esters is 1. The number of aliphatic hydroxyl groups is 1. The van der Waals surface area contributed by atoms with Crippen molar-refractivity contribution in [1.82, 2.24) is 5.32 Å². The molecule has 0 aliphatic carbocycles. The Balaban J connectivity index is 2.55. The van der Waals surface area contributed by atoms with Gasteiger partial charge >= 0.3 is 5.97 Å². The summed E-state index contributed by atoms with van der Waals surface area (Å²) in [5.74, 6) is -1.55. The fourth-order valence-electron chi connectivity index (χ4n) is 1.13. The van der Waals surface area contributed by atoms with Gasteiger partial charge in [0.2, 0.25) is 5.91 Å². The summed E-state index contributed by atoms with van der Waals surface area (Å²) in [5.41, 5.74) is 0. The first-order chi connectivity index (χ1) is 6.06. The Kier molecular flexibility index (Phi) is 2.67. The highest BCUT2D eigenvalue weighted by Gasteiger charge is 2.45. The third-order valence-corrected chi connectivity index (χ3v) is 1.82. The Morgan fingerprint density at radius 1 is 1.85 bits per heavy atom. The normalized spacial score (nSPS) is 28.3. The molecule has 3 atom stereocenters. The van der Waals surface area contributed by atoms with E-state index < -0.39 is 24.2 Å². The Morgan fingerprint density at radius 2 is 2.46 bits per heavy atom. The van der Waals surface area contributed by atoms with Crippen LogP contribution in [0.1, 0.15) is 6.92 Å². The van der Waals surface area contributed by atoms with Crippen molar-refractivity contribution in [3.63, 3.8) is 0 Å². The van der Waals surface area contributed by atoms with Gasteiger partial charge in [-0.3, -0.25) is 9.59 Å². The average molecular weight is 185 g/mol. The Bertz CT molecular complexity index is 251. The molecule has 72 valence electrons. The van der Waals surface area contributed by atoms with Crippen molar-refractivity contribution in [2.75, 3.05) is 0 Å². The maximum atomic E-state index is 10.9.